The van der Waals surface area contributed by atoms with Crippen molar-refractivity contribution in [3.05, 3.63) is 0 Å². The number of hydrogen-bond acceptors (Lipinski definition) is 3. The van der Waals surface area contributed by atoms with Gasteiger partial charge in [-0.2, -0.15) is 0 Å². The lowest BCUT2D eigenvalue weighted by Gasteiger charge is -2.39. The van der Waals surface area contributed by atoms with Crippen LogP contribution < -0.4 is 5.73 Å². The number of nitrogens with two attached hydrogens (primary N) is 1. The third-order valence-corrected chi connectivity index (χ3v) is 3.88. The Morgan fingerprint density at radius 1 is 1.31 bits per heavy atom. The summed E-state index contributed by atoms with van der Waals surface area (Å²) in [4.78, 5) is 2.47. The first-order valence-electron chi connectivity index (χ1n) is 6.71. The Hall–Kier alpha value is -0.120. The highest BCUT2D eigenvalue weighted by atomic mass is 16.5. The number of hydrogen-bond donors (Lipinski definition) is 1. The van der Waals surface area contributed by atoms with Crippen LogP contribution in [0.1, 0.15) is 40.5 Å². The van der Waals surface area contributed by atoms with E-state index in [0.29, 0.717) is 12.0 Å². The fourth-order valence-electron chi connectivity index (χ4n) is 2.53. The zero-order valence-electron chi connectivity index (χ0n) is 11.3. The summed E-state index contributed by atoms with van der Waals surface area (Å²) in [5.41, 5.74) is 6.32. The number of nitrogens with zero attached hydrogens (tertiary/aromatic N) is 1. The molecule has 1 aliphatic rings. The summed E-state index contributed by atoms with van der Waals surface area (Å²) in [6, 6.07) is 0.789. The quantitative estimate of drug-likeness (QED) is 0.780. The van der Waals surface area contributed by atoms with Crippen LogP contribution in [0.5, 0.6) is 0 Å². The van der Waals surface area contributed by atoms with Crippen LogP contribution in [0.4, 0.5) is 0 Å². The molecule has 1 saturated heterocycles. The van der Waals surface area contributed by atoms with Crippen LogP contribution in [0.2, 0.25) is 0 Å². The molecule has 2 N–H and O–H groups in total. The molecule has 3 nitrogen and oxygen atoms in total. The molecule has 0 radical (unpaired) electrons. The molecule has 96 valence electrons. The molecule has 1 fully saturated rings. The molecule has 0 aromatic heterocycles. The second-order valence-electron chi connectivity index (χ2n) is 5.15. The zero-order chi connectivity index (χ0) is 12.1. The van der Waals surface area contributed by atoms with E-state index < -0.39 is 0 Å². The van der Waals surface area contributed by atoms with Gasteiger partial charge in [0.2, 0.25) is 0 Å². The highest BCUT2D eigenvalue weighted by molar-refractivity contribution is 4.85. The Bertz CT molecular complexity index is 192. The van der Waals surface area contributed by atoms with Crippen LogP contribution in [-0.4, -0.2) is 42.8 Å². The normalized spacial score (nSPS) is 25.3. The first-order valence-corrected chi connectivity index (χ1v) is 6.71. The maximum absolute atomic E-state index is 6.32. The van der Waals surface area contributed by atoms with Gasteiger partial charge in [-0.1, -0.05) is 26.7 Å². The Morgan fingerprint density at radius 3 is 2.44 bits per heavy atom. The van der Waals surface area contributed by atoms with E-state index in [9.17, 15) is 0 Å². The average Bonchev–Trinajstić information content (AvgIpc) is 2.30. The fourth-order valence-corrected chi connectivity index (χ4v) is 2.53. The van der Waals surface area contributed by atoms with Gasteiger partial charge in [-0.3, -0.25) is 4.90 Å². The monoisotopic (exact) mass is 228 g/mol. The van der Waals surface area contributed by atoms with Gasteiger partial charge in [0, 0.05) is 25.2 Å². The second kappa shape index (κ2) is 6.58. The lowest BCUT2D eigenvalue weighted by atomic mass is 9.90. The van der Waals surface area contributed by atoms with Gasteiger partial charge in [-0.15, -0.1) is 0 Å². The minimum Gasteiger partial charge on any atom is -0.374 e. The maximum atomic E-state index is 6.32. The third-order valence-electron chi connectivity index (χ3n) is 3.88. The Kier molecular flexibility index (Phi) is 5.73. The average molecular weight is 228 g/mol. The van der Waals surface area contributed by atoms with Crippen LogP contribution in [-0.2, 0) is 4.74 Å². The molecule has 3 heteroatoms. The van der Waals surface area contributed by atoms with E-state index in [1.165, 1.54) is 0 Å². The summed E-state index contributed by atoms with van der Waals surface area (Å²) in [5.74, 6) is 0.595. The summed E-state index contributed by atoms with van der Waals surface area (Å²) in [5, 5.41) is 0. The molecule has 1 rings (SSSR count). The number of rotatable bonds is 5. The Balaban J connectivity index is 2.52. The van der Waals surface area contributed by atoms with E-state index in [0.717, 1.165) is 32.5 Å². The maximum Gasteiger partial charge on any atom is 0.0855 e. The van der Waals surface area contributed by atoms with Crippen LogP contribution in [0, 0.1) is 5.92 Å². The SMILES string of the molecule is CCC(CC)C(N)C1CN(C(C)C)CCO1. The van der Waals surface area contributed by atoms with E-state index in [1.54, 1.807) is 0 Å². The third kappa shape index (κ3) is 3.44. The smallest absolute Gasteiger partial charge is 0.0855 e. The van der Waals surface area contributed by atoms with Gasteiger partial charge in [0.1, 0.15) is 0 Å². The molecule has 0 aromatic rings. The van der Waals surface area contributed by atoms with Gasteiger partial charge in [0.05, 0.1) is 12.7 Å². The molecular weight excluding hydrogens is 200 g/mol. The van der Waals surface area contributed by atoms with Gasteiger partial charge in [-0.05, 0) is 19.8 Å². The van der Waals surface area contributed by atoms with Crippen LogP contribution in [0.25, 0.3) is 0 Å². The van der Waals surface area contributed by atoms with Crippen molar-refractivity contribution in [1.82, 2.24) is 4.90 Å². The molecule has 0 bridgehead atoms. The molecule has 0 aromatic carbocycles. The molecule has 2 unspecified atom stereocenters. The van der Waals surface area contributed by atoms with Crippen molar-refractivity contribution in [1.29, 1.82) is 0 Å². The Labute approximate surface area is 100 Å². The van der Waals surface area contributed by atoms with E-state index >= 15 is 0 Å². The molecule has 0 saturated carbocycles. The minimum absolute atomic E-state index is 0.191. The van der Waals surface area contributed by atoms with Crippen molar-refractivity contribution < 1.29 is 4.74 Å². The van der Waals surface area contributed by atoms with Crippen LogP contribution >= 0.6 is 0 Å². The second-order valence-corrected chi connectivity index (χ2v) is 5.15. The predicted octanol–water partition coefficient (Wildman–Crippen LogP) is 1.86. The highest BCUT2D eigenvalue weighted by Crippen LogP contribution is 2.19. The van der Waals surface area contributed by atoms with Crippen molar-refractivity contribution in [3.63, 3.8) is 0 Å². The van der Waals surface area contributed by atoms with E-state index in [1.807, 2.05) is 0 Å². The van der Waals surface area contributed by atoms with E-state index in [-0.39, 0.29) is 12.1 Å². The standard InChI is InChI=1S/C13H28N2O/c1-5-11(6-2)13(14)12-9-15(10(3)4)7-8-16-12/h10-13H,5-9,14H2,1-4H3. The van der Waals surface area contributed by atoms with Gasteiger partial charge in [0.15, 0.2) is 0 Å². The van der Waals surface area contributed by atoms with Crippen molar-refractivity contribution in [2.45, 2.75) is 58.7 Å². The summed E-state index contributed by atoms with van der Waals surface area (Å²) >= 11 is 0. The highest BCUT2D eigenvalue weighted by Gasteiger charge is 2.30. The first-order chi connectivity index (χ1) is 7.60. The summed E-state index contributed by atoms with van der Waals surface area (Å²) in [7, 11) is 0. The molecule has 2 atom stereocenters. The lowest BCUT2D eigenvalue weighted by molar-refractivity contribution is -0.0585. The van der Waals surface area contributed by atoms with E-state index in [4.69, 9.17) is 10.5 Å². The van der Waals surface area contributed by atoms with Crippen molar-refractivity contribution in [3.8, 4) is 0 Å². The van der Waals surface area contributed by atoms with Gasteiger partial charge >= 0.3 is 0 Å². The molecule has 1 aliphatic heterocycles. The van der Waals surface area contributed by atoms with Crippen molar-refractivity contribution in [2.75, 3.05) is 19.7 Å². The zero-order valence-corrected chi connectivity index (χ0v) is 11.3. The van der Waals surface area contributed by atoms with Gasteiger partial charge < -0.3 is 10.5 Å². The van der Waals surface area contributed by atoms with E-state index in [2.05, 4.69) is 32.6 Å². The number of morpholine rings is 1. The molecule has 0 spiro atoms. The van der Waals surface area contributed by atoms with Gasteiger partial charge in [-0.25, -0.2) is 0 Å². The summed E-state index contributed by atoms with van der Waals surface area (Å²) in [6.45, 7) is 11.8. The summed E-state index contributed by atoms with van der Waals surface area (Å²) in [6.07, 6.45) is 2.53. The predicted molar refractivity (Wildman–Crippen MR) is 68.5 cm³/mol. The molecule has 0 aliphatic carbocycles. The van der Waals surface area contributed by atoms with Crippen molar-refractivity contribution in [2.24, 2.45) is 11.7 Å². The Morgan fingerprint density at radius 2 is 1.94 bits per heavy atom. The fraction of sp³-hybridized carbons (Fsp3) is 1.00. The number of ether oxygens (including phenoxy) is 1. The van der Waals surface area contributed by atoms with Crippen molar-refractivity contribution >= 4 is 0 Å². The van der Waals surface area contributed by atoms with Crippen LogP contribution in [0.3, 0.4) is 0 Å². The summed E-state index contributed by atoms with van der Waals surface area (Å²) < 4.78 is 5.84. The first kappa shape index (κ1) is 13.9. The molecular formula is C13H28N2O. The lowest BCUT2D eigenvalue weighted by Crippen LogP contribution is -2.54. The van der Waals surface area contributed by atoms with Crippen LogP contribution in [0.15, 0.2) is 0 Å². The van der Waals surface area contributed by atoms with Gasteiger partial charge in [0.25, 0.3) is 0 Å². The minimum atomic E-state index is 0.191. The molecule has 16 heavy (non-hydrogen) atoms. The largest absolute Gasteiger partial charge is 0.374 e. The molecule has 0 amide bonds. The topological polar surface area (TPSA) is 38.5 Å². The molecule has 1 heterocycles.